The number of allylic oxidation sites excluding steroid dienone is 3. The van der Waals surface area contributed by atoms with Gasteiger partial charge in [0.1, 0.15) is 0 Å². The molecule has 0 amide bonds. The zero-order valence-corrected chi connectivity index (χ0v) is 8.36. The molecule has 1 heterocycles. The van der Waals surface area contributed by atoms with Gasteiger partial charge in [0.25, 0.3) is 0 Å². The summed E-state index contributed by atoms with van der Waals surface area (Å²) in [6.45, 7) is 0. The molecule has 1 atom stereocenters. The Morgan fingerprint density at radius 1 is 1.57 bits per heavy atom. The van der Waals surface area contributed by atoms with Crippen molar-refractivity contribution >= 4 is 5.97 Å². The fraction of sp³-hybridized carbons (Fsp3) is 0.364. The van der Waals surface area contributed by atoms with Gasteiger partial charge in [-0.2, -0.15) is 0 Å². The summed E-state index contributed by atoms with van der Waals surface area (Å²) in [4.78, 5) is 13.4. The van der Waals surface area contributed by atoms with Crippen LogP contribution < -0.4 is 0 Å². The van der Waals surface area contributed by atoms with Crippen molar-refractivity contribution in [2.45, 2.75) is 6.42 Å². The van der Waals surface area contributed by atoms with Gasteiger partial charge in [-0.1, -0.05) is 12.2 Å². The predicted molar refractivity (Wildman–Crippen MR) is 53.2 cm³/mol. The summed E-state index contributed by atoms with van der Waals surface area (Å²) in [6, 6.07) is 0. The largest absolute Gasteiger partial charge is 0.466 e. The van der Waals surface area contributed by atoms with E-state index in [1.54, 1.807) is 0 Å². The molecule has 2 aliphatic rings. The number of rotatable bonds is 1. The van der Waals surface area contributed by atoms with Crippen LogP contribution in [0.1, 0.15) is 6.42 Å². The van der Waals surface area contributed by atoms with Gasteiger partial charge < -0.3 is 9.64 Å². The monoisotopic (exact) mass is 191 g/mol. The first-order valence-corrected chi connectivity index (χ1v) is 4.62. The summed E-state index contributed by atoms with van der Waals surface area (Å²) < 4.78 is 4.76. The minimum absolute atomic E-state index is 0.207. The Morgan fingerprint density at radius 3 is 3.07 bits per heavy atom. The molecular weight excluding hydrogens is 178 g/mol. The average molecular weight is 191 g/mol. The molecule has 14 heavy (non-hydrogen) atoms. The average Bonchev–Trinajstić information content (AvgIpc) is 2.62. The van der Waals surface area contributed by atoms with Gasteiger partial charge in [0.15, 0.2) is 0 Å². The fourth-order valence-electron chi connectivity index (χ4n) is 1.93. The van der Waals surface area contributed by atoms with Gasteiger partial charge in [0, 0.05) is 25.4 Å². The second kappa shape index (κ2) is 3.33. The number of esters is 1. The van der Waals surface area contributed by atoms with Gasteiger partial charge in [-0.25, -0.2) is 4.79 Å². The summed E-state index contributed by atoms with van der Waals surface area (Å²) in [7, 11) is 3.34. The van der Waals surface area contributed by atoms with E-state index in [2.05, 4.69) is 12.2 Å². The van der Waals surface area contributed by atoms with Gasteiger partial charge in [0.05, 0.1) is 12.7 Å². The van der Waals surface area contributed by atoms with E-state index < -0.39 is 0 Å². The minimum atomic E-state index is -0.226. The molecule has 3 nitrogen and oxygen atoms in total. The molecule has 1 aliphatic heterocycles. The molecule has 2 rings (SSSR count). The second-order valence-corrected chi connectivity index (χ2v) is 3.56. The predicted octanol–water partition coefficient (Wildman–Crippen LogP) is 1.45. The van der Waals surface area contributed by atoms with Crippen molar-refractivity contribution in [2.24, 2.45) is 5.92 Å². The van der Waals surface area contributed by atoms with Crippen molar-refractivity contribution in [3.63, 3.8) is 0 Å². The zero-order valence-electron chi connectivity index (χ0n) is 8.36. The van der Waals surface area contributed by atoms with Gasteiger partial charge >= 0.3 is 5.97 Å². The molecule has 0 saturated heterocycles. The van der Waals surface area contributed by atoms with Crippen LogP contribution in [0.4, 0.5) is 0 Å². The first-order valence-electron chi connectivity index (χ1n) is 4.62. The van der Waals surface area contributed by atoms with E-state index in [9.17, 15) is 4.79 Å². The van der Waals surface area contributed by atoms with Crippen LogP contribution in [-0.2, 0) is 9.53 Å². The molecule has 0 aromatic heterocycles. The molecule has 0 fully saturated rings. The second-order valence-electron chi connectivity index (χ2n) is 3.56. The lowest BCUT2D eigenvalue weighted by Crippen LogP contribution is -2.22. The highest BCUT2D eigenvalue weighted by atomic mass is 16.5. The number of fused-ring (bicyclic) bond motifs is 1. The zero-order chi connectivity index (χ0) is 10.1. The molecule has 0 aromatic rings. The number of hydrogen-bond acceptors (Lipinski definition) is 3. The van der Waals surface area contributed by atoms with E-state index in [0.29, 0.717) is 0 Å². The summed E-state index contributed by atoms with van der Waals surface area (Å²) in [6.07, 6.45) is 8.94. The number of methoxy groups -OCH3 is 1. The summed E-state index contributed by atoms with van der Waals surface area (Å²) in [5, 5.41) is 0. The van der Waals surface area contributed by atoms with E-state index in [4.69, 9.17) is 4.74 Å². The quantitative estimate of drug-likeness (QED) is 0.587. The Balaban J connectivity index is 2.30. The maximum atomic E-state index is 11.5. The van der Waals surface area contributed by atoms with Crippen LogP contribution in [0.3, 0.4) is 0 Å². The lowest BCUT2D eigenvalue weighted by atomic mass is 9.91. The van der Waals surface area contributed by atoms with E-state index in [1.165, 1.54) is 12.7 Å². The lowest BCUT2D eigenvalue weighted by molar-refractivity contribution is -0.136. The Kier molecular flexibility index (Phi) is 2.15. The van der Waals surface area contributed by atoms with Gasteiger partial charge in [-0.3, -0.25) is 0 Å². The number of carbonyl (C=O) groups is 1. The Labute approximate surface area is 83.3 Å². The highest BCUT2D eigenvalue weighted by molar-refractivity contribution is 5.90. The third-order valence-electron chi connectivity index (χ3n) is 2.58. The van der Waals surface area contributed by atoms with Crippen LogP contribution in [0, 0.1) is 5.92 Å². The first-order chi connectivity index (χ1) is 6.72. The molecular formula is C11H13NO2. The first kappa shape index (κ1) is 9.06. The number of ether oxygens (including phenoxy) is 1. The molecule has 1 aliphatic carbocycles. The van der Waals surface area contributed by atoms with Crippen LogP contribution in [0.5, 0.6) is 0 Å². The van der Waals surface area contributed by atoms with Crippen LogP contribution in [0.15, 0.2) is 35.7 Å². The summed E-state index contributed by atoms with van der Waals surface area (Å²) >= 11 is 0. The van der Waals surface area contributed by atoms with Crippen LogP contribution >= 0.6 is 0 Å². The van der Waals surface area contributed by atoms with Gasteiger partial charge in [-0.15, -0.1) is 0 Å². The molecule has 0 spiro atoms. The molecule has 0 bridgehead atoms. The highest BCUT2D eigenvalue weighted by Gasteiger charge is 2.29. The van der Waals surface area contributed by atoms with E-state index in [0.717, 1.165) is 12.0 Å². The van der Waals surface area contributed by atoms with Crippen molar-refractivity contribution in [1.29, 1.82) is 0 Å². The molecule has 0 saturated carbocycles. The van der Waals surface area contributed by atoms with E-state index in [1.807, 2.05) is 24.3 Å². The third-order valence-corrected chi connectivity index (χ3v) is 2.58. The van der Waals surface area contributed by atoms with Crippen molar-refractivity contribution in [3.05, 3.63) is 35.7 Å². The Morgan fingerprint density at radius 2 is 2.36 bits per heavy atom. The van der Waals surface area contributed by atoms with E-state index >= 15 is 0 Å². The minimum Gasteiger partial charge on any atom is -0.466 e. The van der Waals surface area contributed by atoms with Gasteiger partial charge in [0.2, 0.25) is 0 Å². The molecule has 74 valence electrons. The molecule has 0 unspecified atom stereocenters. The van der Waals surface area contributed by atoms with Crippen LogP contribution in [-0.4, -0.2) is 25.0 Å². The van der Waals surface area contributed by atoms with E-state index in [-0.39, 0.29) is 11.9 Å². The van der Waals surface area contributed by atoms with Crippen molar-refractivity contribution in [3.8, 4) is 0 Å². The molecule has 0 aromatic carbocycles. The molecule has 3 heteroatoms. The number of nitrogens with zero attached hydrogens (tertiary/aromatic N) is 1. The summed E-state index contributed by atoms with van der Waals surface area (Å²) in [5.74, 6) is -0.0187. The lowest BCUT2D eigenvalue weighted by Gasteiger charge is -2.23. The SMILES string of the molecule is COC(=O)C1=CN(C)C=C2C=CC[C@@H]21. The van der Waals surface area contributed by atoms with Gasteiger partial charge in [-0.05, 0) is 12.0 Å². The normalized spacial score (nSPS) is 24.1. The van der Waals surface area contributed by atoms with Crippen LogP contribution in [0.25, 0.3) is 0 Å². The fourth-order valence-corrected chi connectivity index (χ4v) is 1.93. The van der Waals surface area contributed by atoms with Crippen molar-refractivity contribution in [1.82, 2.24) is 4.90 Å². The van der Waals surface area contributed by atoms with Crippen molar-refractivity contribution < 1.29 is 9.53 Å². The maximum absolute atomic E-state index is 11.5. The van der Waals surface area contributed by atoms with Crippen LogP contribution in [0.2, 0.25) is 0 Å². The topological polar surface area (TPSA) is 29.5 Å². The Bertz CT molecular complexity index is 352. The standard InChI is InChI=1S/C11H13NO2/c1-12-6-8-4-3-5-9(8)10(7-12)11(13)14-2/h3-4,6-7,9H,5H2,1-2H3/t9-/m0/s1. The van der Waals surface area contributed by atoms with Crippen molar-refractivity contribution in [2.75, 3.05) is 14.2 Å². The number of hydrogen-bond donors (Lipinski definition) is 0. The summed E-state index contributed by atoms with van der Waals surface area (Å²) in [5.41, 5.74) is 1.94. The molecule has 0 radical (unpaired) electrons. The number of carbonyl (C=O) groups excluding carboxylic acids is 1. The molecule has 0 N–H and O–H groups in total. The third kappa shape index (κ3) is 1.35. The Hall–Kier alpha value is -1.51. The highest BCUT2D eigenvalue weighted by Crippen LogP contribution is 2.34. The maximum Gasteiger partial charge on any atom is 0.335 e. The smallest absolute Gasteiger partial charge is 0.335 e.